The Kier molecular flexibility index (Phi) is 12.2. The van der Waals surface area contributed by atoms with Crippen LogP contribution in [0.15, 0.2) is 48.8 Å². The van der Waals surface area contributed by atoms with E-state index in [9.17, 15) is 0 Å². The molecule has 0 aliphatic rings. The number of rotatable bonds is 5. The minimum absolute atomic E-state index is 0.638. The number of aryl methyl sites for hydroxylation is 1. The predicted molar refractivity (Wildman–Crippen MR) is 96.6 cm³/mol. The zero-order valence-electron chi connectivity index (χ0n) is 14.5. The third-order valence-electron chi connectivity index (χ3n) is 2.71. The van der Waals surface area contributed by atoms with Crippen LogP contribution in [0.3, 0.4) is 0 Å². The van der Waals surface area contributed by atoms with Crippen LogP contribution in [0.4, 0.5) is 0 Å². The molecule has 3 heteroatoms. The van der Waals surface area contributed by atoms with Gasteiger partial charge in [-0.1, -0.05) is 39.8 Å². The second-order valence-electron chi connectivity index (χ2n) is 4.17. The Bertz CT molecular complexity index is 480. The summed E-state index contributed by atoms with van der Waals surface area (Å²) in [5, 5.41) is 0. The van der Waals surface area contributed by atoms with Crippen LogP contribution >= 0.6 is 11.6 Å². The molecule has 1 aromatic carbocycles. The Morgan fingerprint density at radius 1 is 0.864 bits per heavy atom. The molecule has 0 aliphatic heterocycles. The summed E-state index contributed by atoms with van der Waals surface area (Å²) in [6.45, 7) is 8.67. The molecule has 0 saturated heterocycles. The molecule has 0 unspecified atom stereocenters. The number of hydrogen-bond acceptors (Lipinski definition) is 1. The van der Waals surface area contributed by atoms with Crippen LogP contribution in [0.25, 0.3) is 11.1 Å². The van der Waals surface area contributed by atoms with Gasteiger partial charge in [-0.05, 0) is 29.7 Å². The third kappa shape index (κ3) is 7.46. The van der Waals surface area contributed by atoms with Crippen LogP contribution in [-0.4, -0.2) is 12.5 Å². The fourth-order valence-electron chi connectivity index (χ4n) is 1.68. The summed E-state index contributed by atoms with van der Waals surface area (Å²) in [5.41, 5.74) is 2.40. The lowest BCUT2D eigenvalue weighted by molar-refractivity contribution is -0.671. The van der Waals surface area contributed by atoms with Gasteiger partial charge in [0.1, 0.15) is 12.8 Å². The molecule has 0 bridgehead atoms. The summed E-state index contributed by atoms with van der Waals surface area (Å²) < 4.78 is 7.59. The van der Waals surface area contributed by atoms with E-state index >= 15 is 0 Å². The first kappa shape index (κ1) is 20.5. The summed E-state index contributed by atoms with van der Waals surface area (Å²) in [6, 6.07) is 12.3. The number of benzene rings is 1. The molecule has 0 saturated carbocycles. The number of halogens is 1. The minimum Gasteiger partial charge on any atom is -0.494 e. The van der Waals surface area contributed by atoms with Crippen molar-refractivity contribution >= 4 is 11.6 Å². The number of nitrogens with zero attached hydrogens (tertiary/aromatic N) is 1. The second kappa shape index (κ2) is 13.1. The van der Waals surface area contributed by atoms with E-state index in [-0.39, 0.29) is 0 Å². The first-order valence-electron chi connectivity index (χ1n) is 8.04. The Morgan fingerprint density at radius 2 is 1.36 bits per heavy atom. The maximum atomic E-state index is 5.60. The average molecular weight is 323 g/mol. The zero-order valence-corrected chi connectivity index (χ0v) is 15.2. The molecule has 0 radical (unpaired) electrons. The Balaban J connectivity index is 0.00000102. The number of ether oxygens (including phenoxy) is 1. The molecule has 1 heterocycles. The molecule has 22 heavy (non-hydrogen) atoms. The molecule has 0 fully saturated rings. The highest BCUT2D eigenvalue weighted by atomic mass is 35.5. The Labute approximate surface area is 140 Å². The lowest BCUT2D eigenvalue weighted by atomic mass is 10.1. The van der Waals surface area contributed by atoms with E-state index in [0.29, 0.717) is 12.5 Å². The lowest BCUT2D eigenvalue weighted by Gasteiger charge is -2.06. The van der Waals surface area contributed by atoms with Crippen molar-refractivity contribution in [3.05, 3.63) is 48.8 Å². The van der Waals surface area contributed by atoms with Gasteiger partial charge in [-0.15, -0.1) is 11.6 Å². The van der Waals surface area contributed by atoms with Gasteiger partial charge in [0, 0.05) is 18.0 Å². The normalized spacial score (nSPS) is 9.00. The van der Waals surface area contributed by atoms with Gasteiger partial charge in [-0.2, -0.15) is 0 Å². The van der Waals surface area contributed by atoms with E-state index in [0.717, 1.165) is 12.2 Å². The monoisotopic (exact) mass is 322 g/mol. The first-order valence-corrected chi connectivity index (χ1v) is 8.57. The van der Waals surface area contributed by atoms with Crippen LogP contribution in [0.2, 0.25) is 0 Å². The summed E-state index contributed by atoms with van der Waals surface area (Å²) in [4.78, 5) is 0. The fraction of sp³-hybridized carbons (Fsp3) is 0.421. The molecule has 1 aromatic heterocycles. The average Bonchev–Trinajstić information content (AvgIpc) is 2.60. The van der Waals surface area contributed by atoms with Crippen LogP contribution < -0.4 is 9.30 Å². The third-order valence-corrected chi connectivity index (χ3v) is 2.98. The second-order valence-corrected chi connectivity index (χ2v) is 4.55. The van der Waals surface area contributed by atoms with Crippen LogP contribution in [0.5, 0.6) is 5.75 Å². The van der Waals surface area contributed by atoms with Crippen molar-refractivity contribution in [1.29, 1.82) is 0 Å². The lowest BCUT2D eigenvalue weighted by Crippen LogP contribution is -2.25. The van der Waals surface area contributed by atoms with Gasteiger partial charge in [0.25, 0.3) is 0 Å². The summed E-state index contributed by atoms with van der Waals surface area (Å²) in [6.07, 6.45) is 4.96. The van der Waals surface area contributed by atoms with Gasteiger partial charge in [-0.3, -0.25) is 0 Å². The molecule has 2 aromatic rings. The standard InChI is InChI=1S/C15H17ClNO.2C2H6/c1-17-10-7-14(8-11-17)13-3-5-15(6-4-13)18-12-2-9-16;2*1-2/h3-8,10-11H,2,9,12H2,1H3;2*1-2H3/q+1;;. The van der Waals surface area contributed by atoms with E-state index < -0.39 is 0 Å². The number of hydrogen-bond donors (Lipinski definition) is 0. The molecular formula is C19H29ClNO+. The van der Waals surface area contributed by atoms with Crippen LogP contribution in [0, 0.1) is 0 Å². The SMILES string of the molecule is CC.CC.C[n+]1ccc(-c2ccc(OCCCCl)cc2)cc1. The van der Waals surface area contributed by atoms with Crippen molar-refractivity contribution in [3.63, 3.8) is 0 Å². The molecule has 2 nitrogen and oxygen atoms in total. The van der Waals surface area contributed by atoms with E-state index in [1.165, 1.54) is 11.1 Å². The number of aromatic nitrogens is 1. The van der Waals surface area contributed by atoms with Gasteiger partial charge in [0.05, 0.1) is 6.61 Å². The smallest absolute Gasteiger partial charge is 0.169 e. The van der Waals surface area contributed by atoms with Crippen molar-refractivity contribution in [3.8, 4) is 16.9 Å². The van der Waals surface area contributed by atoms with Crippen LogP contribution in [-0.2, 0) is 7.05 Å². The maximum absolute atomic E-state index is 5.60. The highest BCUT2D eigenvalue weighted by Crippen LogP contribution is 2.21. The van der Waals surface area contributed by atoms with Gasteiger partial charge >= 0.3 is 0 Å². The zero-order chi connectivity index (χ0) is 16.8. The Morgan fingerprint density at radius 3 is 1.86 bits per heavy atom. The molecular weight excluding hydrogens is 294 g/mol. The first-order chi connectivity index (χ1) is 10.8. The molecule has 2 rings (SSSR count). The quantitative estimate of drug-likeness (QED) is 0.417. The van der Waals surface area contributed by atoms with E-state index in [2.05, 4.69) is 24.3 Å². The fourth-order valence-corrected chi connectivity index (χ4v) is 1.79. The van der Waals surface area contributed by atoms with Crippen molar-refractivity contribution < 1.29 is 9.30 Å². The highest BCUT2D eigenvalue weighted by molar-refractivity contribution is 6.17. The van der Waals surface area contributed by atoms with Crippen LogP contribution in [0.1, 0.15) is 34.1 Å². The summed E-state index contributed by atoms with van der Waals surface area (Å²) in [5.74, 6) is 1.53. The predicted octanol–water partition coefficient (Wildman–Crippen LogP) is 5.24. The maximum Gasteiger partial charge on any atom is 0.169 e. The van der Waals surface area contributed by atoms with Gasteiger partial charge in [0.2, 0.25) is 0 Å². The van der Waals surface area contributed by atoms with E-state index in [4.69, 9.17) is 16.3 Å². The largest absolute Gasteiger partial charge is 0.494 e. The van der Waals surface area contributed by atoms with E-state index in [1.807, 2.05) is 63.8 Å². The number of alkyl halides is 1. The van der Waals surface area contributed by atoms with Crippen molar-refractivity contribution in [2.45, 2.75) is 34.1 Å². The molecule has 0 N–H and O–H groups in total. The van der Waals surface area contributed by atoms with Crippen molar-refractivity contribution in [1.82, 2.24) is 0 Å². The Hall–Kier alpha value is -1.54. The molecule has 0 atom stereocenters. The van der Waals surface area contributed by atoms with Gasteiger partial charge < -0.3 is 4.74 Å². The van der Waals surface area contributed by atoms with Gasteiger partial charge in [-0.25, -0.2) is 4.57 Å². The highest BCUT2D eigenvalue weighted by Gasteiger charge is 2.00. The summed E-state index contributed by atoms with van der Waals surface area (Å²) in [7, 11) is 2.01. The van der Waals surface area contributed by atoms with Crippen molar-refractivity contribution in [2.24, 2.45) is 7.05 Å². The van der Waals surface area contributed by atoms with Gasteiger partial charge in [0.15, 0.2) is 12.4 Å². The van der Waals surface area contributed by atoms with E-state index in [1.54, 1.807) is 0 Å². The van der Waals surface area contributed by atoms with Crippen molar-refractivity contribution in [2.75, 3.05) is 12.5 Å². The number of pyridine rings is 1. The minimum atomic E-state index is 0.638. The molecule has 0 aliphatic carbocycles. The topological polar surface area (TPSA) is 13.1 Å². The molecule has 0 amide bonds. The summed E-state index contributed by atoms with van der Waals surface area (Å²) >= 11 is 5.60. The molecule has 122 valence electrons. The molecule has 0 spiro atoms.